The maximum atomic E-state index is 13.0. The van der Waals surface area contributed by atoms with Crippen LogP contribution in [0.2, 0.25) is 0 Å². The van der Waals surface area contributed by atoms with E-state index in [-0.39, 0.29) is 48.7 Å². The average molecular weight is 825 g/mol. The van der Waals surface area contributed by atoms with Crippen molar-refractivity contribution in [2.45, 2.75) is 31.8 Å². The molecular formula is C42H38BrN3O8S. The number of phenolic OH excluding ortho intramolecular Hbond substituents is 1. The summed E-state index contributed by atoms with van der Waals surface area (Å²) in [7, 11) is 0. The number of piperazine rings is 1. The summed E-state index contributed by atoms with van der Waals surface area (Å²) in [5.74, 6) is 2.25. The third-order valence-corrected chi connectivity index (χ3v) is 12.0. The Balaban J connectivity index is 0.784. The molecule has 1 aliphatic carbocycles. The molecule has 282 valence electrons. The van der Waals surface area contributed by atoms with Gasteiger partial charge in [-0.2, -0.15) is 0 Å². The van der Waals surface area contributed by atoms with Gasteiger partial charge in [-0.25, -0.2) is 0 Å². The third kappa shape index (κ3) is 8.10. The van der Waals surface area contributed by atoms with E-state index in [0.717, 1.165) is 55.2 Å². The number of carbonyl (C=O) groups excluding carboxylic acids is 4. The van der Waals surface area contributed by atoms with Gasteiger partial charge in [-0.1, -0.05) is 28.1 Å². The van der Waals surface area contributed by atoms with Gasteiger partial charge in [-0.05, 0) is 90.3 Å². The van der Waals surface area contributed by atoms with Gasteiger partial charge in [0, 0.05) is 65.8 Å². The number of Topliss-reactive ketones (excluding diaryl/α,β-unsaturated/α-hetero) is 2. The predicted octanol–water partition coefficient (Wildman–Crippen LogP) is 7.08. The molecule has 3 aliphatic rings. The maximum absolute atomic E-state index is 13.0. The van der Waals surface area contributed by atoms with Crippen molar-refractivity contribution < 1.29 is 38.5 Å². The number of amides is 2. The van der Waals surface area contributed by atoms with Crippen LogP contribution in [0.4, 0.5) is 0 Å². The van der Waals surface area contributed by atoms with Crippen molar-refractivity contribution in [3.63, 3.8) is 0 Å². The molecule has 0 unspecified atom stereocenters. The number of nitrogens with zero attached hydrogens (tertiary/aromatic N) is 3. The minimum absolute atomic E-state index is 0.0772. The van der Waals surface area contributed by atoms with Crippen molar-refractivity contribution in [3.05, 3.63) is 101 Å². The van der Waals surface area contributed by atoms with Crippen LogP contribution in [-0.2, 0) is 20.9 Å². The molecular weight excluding hydrogens is 786 g/mol. The highest BCUT2D eigenvalue weighted by molar-refractivity contribution is 9.10. The molecule has 1 N–H and O–H groups in total. The number of rotatable bonds is 11. The summed E-state index contributed by atoms with van der Waals surface area (Å²) in [6, 6.07) is 25.5. The first-order valence-electron chi connectivity index (χ1n) is 18.2. The Bertz CT molecular complexity index is 2270. The first-order chi connectivity index (χ1) is 26.7. The Morgan fingerprint density at radius 3 is 2.36 bits per heavy atom. The van der Waals surface area contributed by atoms with E-state index < -0.39 is 6.04 Å². The van der Waals surface area contributed by atoms with Gasteiger partial charge in [0.1, 0.15) is 35.4 Å². The molecule has 1 saturated heterocycles. The lowest BCUT2D eigenvalue weighted by molar-refractivity contribution is -0.135. The van der Waals surface area contributed by atoms with Crippen molar-refractivity contribution in [3.8, 4) is 39.2 Å². The number of aromatic hydroxyl groups is 1. The standard InChI is InChI=1S/C42H38BrN3O8S/c43-28-3-1-26(2-4-28)41-40(35-12-5-30(48)23-38(35)55-41)54-32-9-7-31(8-10-32)52-20-19-44-15-17-45(18-16-44)39(50)25-53-33-11-13-34-27(21-33)24-46(42(34)51)36-14-6-29(47)22-37(36)49/h1-5,7-13,21,23,36,48H,6,14-20,22,24-25H2/t36-/m0/s1. The van der Waals surface area contributed by atoms with E-state index in [1.54, 1.807) is 51.5 Å². The molecule has 13 heteroatoms. The number of phenols is 1. The zero-order chi connectivity index (χ0) is 38.1. The number of halogens is 1. The van der Waals surface area contributed by atoms with Crippen LogP contribution in [0.3, 0.4) is 0 Å². The van der Waals surface area contributed by atoms with Crippen LogP contribution in [0, 0.1) is 0 Å². The van der Waals surface area contributed by atoms with Gasteiger partial charge in [0.2, 0.25) is 0 Å². The fourth-order valence-electron chi connectivity index (χ4n) is 7.28. The summed E-state index contributed by atoms with van der Waals surface area (Å²) >= 11 is 5.08. The summed E-state index contributed by atoms with van der Waals surface area (Å²) in [4.78, 5) is 56.7. The number of carbonyl (C=O) groups is 4. The highest BCUT2D eigenvalue weighted by Gasteiger charge is 2.39. The summed E-state index contributed by atoms with van der Waals surface area (Å²) < 4.78 is 20.3. The summed E-state index contributed by atoms with van der Waals surface area (Å²) in [5, 5.41) is 11.0. The SMILES string of the molecule is O=C1CC[C@H](N2Cc3cc(OCC(=O)N4CCN(CCOc5ccc(Oc6c(-c7ccc(Br)cc7)sc7cc(O)ccc67)cc5)CC4)ccc3C2=O)C(=O)C1. The minimum Gasteiger partial charge on any atom is -0.508 e. The first kappa shape index (κ1) is 36.7. The zero-order valence-electron chi connectivity index (χ0n) is 29.9. The lowest BCUT2D eigenvalue weighted by atomic mass is 9.92. The zero-order valence-corrected chi connectivity index (χ0v) is 32.3. The molecule has 2 fully saturated rings. The van der Waals surface area contributed by atoms with E-state index in [4.69, 9.17) is 14.2 Å². The van der Waals surface area contributed by atoms with E-state index in [2.05, 4.69) is 20.8 Å². The molecule has 55 heavy (non-hydrogen) atoms. The molecule has 0 radical (unpaired) electrons. The third-order valence-electron chi connectivity index (χ3n) is 10.3. The topological polar surface area (TPSA) is 126 Å². The van der Waals surface area contributed by atoms with Crippen LogP contribution in [0.5, 0.6) is 28.7 Å². The van der Waals surface area contributed by atoms with E-state index in [1.165, 1.54) is 0 Å². The number of thiophene rings is 1. The predicted molar refractivity (Wildman–Crippen MR) is 211 cm³/mol. The highest BCUT2D eigenvalue weighted by Crippen LogP contribution is 2.47. The first-order valence-corrected chi connectivity index (χ1v) is 19.8. The molecule has 11 nitrogen and oxygen atoms in total. The summed E-state index contributed by atoms with van der Waals surface area (Å²) in [5.41, 5.74) is 2.30. The van der Waals surface area contributed by atoms with Crippen molar-refractivity contribution in [1.29, 1.82) is 0 Å². The normalized spacial score (nSPS) is 17.5. The molecule has 1 atom stereocenters. The van der Waals surface area contributed by atoms with Gasteiger partial charge in [0.25, 0.3) is 11.8 Å². The highest BCUT2D eigenvalue weighted by atomic mass is 79.9. The average Bonchev–Trinajstić information content (AvgIpc) is 3.70. The number of hydrogen-bond acceptors (Lipinski definition) is 10. The van der Waals surface area contributed by atoms with Crippen molar-refractivity contribution in [1.82, 2.24) is 14.7 Å². The van der Waals surface area contributed by atoms with Crippen molar-refractivity contribution in [2.75, 3.05) is 45.9 Å². The maximum Gasteiger partial charge on any atom is 0.260 e. The molecule has 3 heterocycles. The quantitative estimate of drug-likeness (QED) is 0.139. The molecule has 1 saturated carbocycles. The van der Waals surface area contributed by atoms with Gasteiger partial charge in [0.15, 0.2) is 18.1 Å². The van der Waals surface area contributed by atoms with Gasteiger partial charge < -0.3 is 29.1 Å². The van der Waals surface area contributed by atoms with Crippen molar-refractivity contribution in [2.24, 2.45) is 0 Å². The fourth-order valence-corrected chi connectivity index (χ4v) is 8.71. The van der Waals surface area contributed by atoms with Crippen LogP contribution in [0.1, 0.15) is 35.2 Å². The van der Waals surface area contributed by atoms with Gasteiger partial charge in [-0.15, -0.1) is 11.3 Å². The Morgan fingerprint density at radius 1 is 0.855 bits per heavy atom. The van der Waals surface area contributed by atoms with Crippen molar-refractivity contribution >= 4 is 60.7 Å². The Labute approximate surface area is 330 Å². The van der Waals surface area contributed by atoms with E-state index in [0.29, 0.717) is 56.1 Å². The van der Waals surface area contributed by atoms with Crippen LogP contribution in [0.15, 0.2) is 89.4 Å². The Morgan fingerprint density at radius 2 is 1.60 bits per heavy atom. The Kier molecular flexibility index (Phi) is 10.6. The number of ketones is 2. The minimum atomic E-state index is -0.574. The van der Waals surface area contributed by atoms with Gasteiger partial charge >= 0.3 is 0 Å². The second-order valence-electron chi connectivity index (χ2n) is 13.9. The smallest absolute Gasteiger partial charge is 0.260 e. The molecule has 2 amide bonds. The van der Waals surface area contributed by atoms with Crippen LogP contribution >= 0.6 is 27.3 Å². The lowest BCUT2D eigenvalue weighted by Gasteiger charge is -2.34. The van der Waals surface area contributed by atoms with Gasteiger partial charge in [0.05, 0.1) is 17.3 Å². The number of ether oxygens (including phenoxy) is 3. The molecule has 8 rings (SSSR count). The summed E-state index contributed by atoms with van der Waals surface area (Å²) in [6.07, 6.45) is 0.548. The number of fused-ring (bicyclic) bond motifs is 2. The molecule has 2 aliphatic heterocycles. The second kappa shape index (κ2) is 15.9. The summed E-state index contributed by atoms with van der Waals surface area (Å²) in [6.45, 7) is 3.99. The lowest BCUT2D eigenvalue weighted by Crippen LogP contribution is -2.50. The van der Waals surface area contributed by atoms with E-state index in [9.17, 15) is 24.3 Å². The molecule has 5 aromatic rings. The number of benzene rings is 4. The largest absolute Gasteiger partial charge is 0.508 e. The van der Waals surface area contributed by atoms with Gasteiger partial charge in [-0.3, -0.25) is 24.1 Å². The van der Waals surface area contributed by atoms with E-state index in [1.807, 2.05) is 54.6 Å². The number of hydrogen-bond donors (Lipinski definition) is 1. The Hall–Kier alpha value is -5.24. The molecule has 4 aromatic carbocycles. The fraction of sp³-hybridized carbons (Fsp3) is 0.286. The molecule has 0 bridgehead atoms. The second-order valence-corrected chi connectivity index (χ2v) is 15.8. The molecule has 0 spiro atoms. The van der Waals surface area contributed by atoms with Crippen LogP contribution in [-0.4, -0.2) is 95.2 Å². The monoisotopic (exact) mass is 823 g/mol. The van der Waals surface area contributed by atoms with Crippen LogP contribution < -0.4 is 14.2 Å². The van der Waals surface area contributed by atoms with Crippen LogP contribution in [0.25, 0.3) is 20.5 Å². The molecule has 1 aromatic heterocycles. The van der Waals surface area contributed by atoms with E-state index >= 15 is 0 Å².